The summed E-state index contributed by atoms with van der Waals surface area (Å²) in [5, 5.41) is 13.0. The van der Waals surface area contributed by atoms with Crippen molar-refractivity contribution in [2.75, 3.05) is 5.32 Å². The highest BCUT2D eigenvalue weighted by molar-refractivity contribution is 6.01. The number of H-pyrrole nitrogens is 1. The third-order valence-corrected chi connectivity index (χ3v) is 3.07. The number of nitrogens with zero attached hydrogens (tertiary/aromatic N) is 3. The first kappa shape index (κ1) is 10.9. The van der Waals surface area contributed by atoms with Crippen molar-refractivity contribution < 1.29 is 9.32 Å². The maximum Gasteiger partial charge on any atom is 0.296 e. The molecule has 7 heteroatoms. The van der Waals surface area contributed by atoms with Gasteiger partial charge in [-0.15, -0.1) is 5.10 Å². The molecule has 2 aromatic heterocycles. The molecular weight excluding hydrogens is 234 g/mol. The zero-order valence-corrected chi connectivity index (χ0v) is 9.93. The first-order valence-corrected chi connectivity index (χ1v) is 5.89. The summed E-state index contributed by atoms with van der Waals surface area (Å²) in [4.78, 5) is 16.0. The van der Waals surface area contributed by atoms with Gasteiger partial charge >= 0.3 is 0 Å². The van der Waals surface area contributed by atoms with Crippen LogP contribution in [-0.2, 0) is 0 Å². The molecule has 0 saturated heterocycles. The zero-order valence-electron chi connectivity index (χ0n) is 9.93. The molecule has 0 unspecified atom stereocenters. The lowest BCUT2D eigenvalue weighted by Gasteiger charge is -2.22. The van der Waals surface area contributed by atoms with Gasteiger partial charge in [0.05, 0.1) is 5.69 Å². The average molecular weight is 247 g/mol. The summed E-state index contributed by atoms with van der Waals surface area (Å²) in [6.45, 7) is 1.75. The Hall–Kier alpha value is -2.18. The quantitative estimate of drug-likeness (QED) is 0.859. The van der Waals surface area contributed by atoms with Crippen LogP contribution >= 0.6 is 0 Å². The summed E-state index contributed by atoms with van der Waals surface area (Å²) < 4.78 is 4.86. The van der Waals surface area contributed by atoms with Crippen molar-refractivity contribution >= 4 is 11.9 Å². The molecule has 1 fully saturated rings. The van der Waals surface area contributed by atoms with E-state index in [9.17, 15) is 4.79 Å². The molecule has 94 valence electrons. The molecule has 0 atom stereocenters. The molecular formula is C11H13N5O2. The van der Waals surface area contributed by atoms with Crippen LogP contribution in [0, 0.1) is 6.92 Å². The average Bonchev–Trinajstić information content (AvgIpc) is 2.85. The number of aryl methyl sites for hydroxylation is 1. The first-order valence-electron chi connectivity index (χ1n) is 5.89. The summed E-state index contributed by atoms with van der Waals surface area (Å²) in [7, 11) is 0. The molecule has 2 N–H and O–H groups in total. The van der Waals surface area contributed by atoms with Crippen molar-refractivity contribution in [1.29, 1.82) is 0 Å². The molecule has 7 nitrogen and oxygen atoms in total. The SMILES string of the molecule is Cc1cc(C(=O)Nc2n[nH]c(C3CCC3)n2)on1. The summed E-state index contributed by atoms with van der Waals surface area (Å²) in [6, 6.07) is 1.56. The van der Waals surface area contributed by atoms with Crippen LogP contribution in [0.1, 0.15) is 47.3 Å². The van der Waals surface area contributed by atoms with Crippen LogP contribution < -0.4 is 5.32 Å². The Morgan fingerprint density at radius 2 is 2.39 bits per heavy atom. The number of aromatic amines is 1. The van der Waals surface area contributed by atoms with Crippen LogP contribution in [0.5, 0.6) is 0 Å². The molecule has 3 rings (SSSR count). The number of nitrogens with one attached hydrogen (secondary N) is 2. The molecule has 0 aliphatic heterocycles. The summed E-state index contributed by atoms with van der Waals surface area (Å²) >= 11 is 0. The maximum absolute atomic E-state index is 11.8. The van der Waals surface area contributed by atoms with Crippen molar-refractivity contribution in [3.8, 4) is 0 Å². The molecule has 1 amide bonds. The van der Waals surface area contributed by atoms with Crippen molar-refractivity contribution in [2.45, 2.75) is 32.1 Å². The number of hydrogen-bond donors (Lipinski definition) is 2. The van der Waals surface area contributed by atoms with E-state index in [2.05, 4.69) is 25.7 Å². The van der Waals surface area contributed by atoms with Gasteiger partial charge in [-0.05, 0) is 19.8 Å². The van der Waals surface area contributed by atoms with Gasteiger partial charge in [-0.25, -0.2) is 0 Å². The van der Waals surface area contributed by atoms with Crippen molar-refractivity contribution in [2.24, 2.45) is 0 Å². The Balaban J connectivity index is 1.68. The Labute approximate surface area is 103 Å². The van der Waals surface area contributed by atoms with Gasteiger partial charge in [-0.1, -0.05) is 11.6 Å². The molecule has 1 aliphatic carbocycles. The molecule has 0 spiro atoms. The highest BCUT2D eigenvalue weighted by Crippen LogP contribution is 2.34. The minimum absolute atomic E-state index is 0.155. The number of aromatic nitrogens is 4. The van der Waals surface area contributed by atoms with Gasteiger partial charge in [0.25, 0.3) is 5.91 Å². The summed E-state index contributed by atoms with van der Waals surface area (Å²) in [6.07, 6.45) is 3.48. The number of hydrogen-bond acceptors (Lipinski definition) is 5. The van der Waals surface area contributed by atoms with E-state index in [1.807, 2.05) is 0 Å². The van der Waals surface area contributed by atoms with E-state index in [1.165, 1.54) is 6.42 Å². The third kappa shape index (κ3) is 1.99. The second-order valence-electron chi connectivity index (χ2n) is 4.46. The largest absolute Gasteiger partial charge is 0.351 e. The van der Waals surface area contributed by atoms with Crippen LogP contribution in [0.3, 0.4) is 0 Å². The molecule has 0 bridgehead atoms. The number of rotatable bonds is 3. The van der Waals surface area contributed by atoms with Gasteiger partial charge in [0.15, 0.2) is 0 Å². The van der Waals surface area contributed by atoms with Crippen molar-refractivity contribution in [3.63, 3.8) is 0 Å². The van der Waals surface area contributed by atoms with Gasteiger partial charge in [0, 0.05) is 12.0 Å². The molecule has 1 saturated carbocycles. The van der Waals surface area contributed by atoms with Crippen LogP contribution in [0.15, 0.2) is 10.6 Å². The number of amides is 1. The van der Waals surface area contributed by atoms with Crippen LogP contribution in [0.25, 0.3) is 0 Å². The fraction of sp³-hybridized carbons (Fsp3) is 0.455. The minimum Gasteiger partial charge on any atom is -0.351 e. The van der Waals surface area contributed by atoms with E-state index in [0.717, 1.165) is 18.7 Å². The Morgan fingerprint density at radius 3 is 3.00 bits per heavy atom. The van der Waals surface area contributed by atoms with E-state index < -0.39 is 5.91 Å². The number of anilines is 1. The second kappa shape index (κ2) is 4.25. The van der Waals surface area contributed by atoms with Crippen LogP contribution in [0.4, 0.5) is 5.95 Å². The van der Waals surface area contributed by atoms with Gasteiger partial charge in [0.1, 0.15) is 5.82 Å². The predicted molar refractivity (Wildman–Crippen MR) is 62.2 cm³/mol. The number of carbonyl (C=O) groups excluding carboxylic acids is 1. The molecule has 2 heterocycles. The van der Waals surface area contributed by atoms with Crippen molar-refractivity contribution in [1.82, 2.24) is 20.3 Å². The topological polar surface area (TPSA) is 96.7 Å². The Morgan fingerprint density at radius 1 is 1.56 bits per heavy atom. The van der Waals surface area contributed by atoms with E-state index in [1.54, 1.807) is 13.0 Å². The van der Waals surface area contributed by atoms with E-state index in [-0.39, 0.29) is 11.7 Å². The molecule has 0 radical (unpaired) electrons. The van der Waals surface area contributed by atoms with Crippen LogP contribution in [0.2, 0.25) is 0 Å². The van der Waals surface area contributed by atoms with Gasteiger partial charge in [-0.2, -0.15) is 4.98 Å². The molecule has 2 aromatic rings. The van der Waals surface area contributed by atoms with Crippen molar-refractivity contribution in [3.05, 3.63) is 23.3 Å². The van der Waals surface area contributed by atoms with Crippen LogP contribution in [-0.4, -0.2) is 26.2 Å². The Bertz CT molecular complexity index is 570. The molecule has 18 heavy (non-hydrogen) atoms. The van der Waals surface area contributed by atoms with E-state index in [0.29, 0.717) is 11.6 Å². The van der Waals surface area contributed by atoms with Gasteiger partial charge in [-0.3, -0.25) is 15.2 Å². The highest BCUT2D eigenvalue weighted by atomic mass is 16.5. The fourth-order valence-electron chi connectivity index (χ4n) is 1.83. The lowest BCUT2D eigenvalue weighted by atomic mass is 9.85. The second-order valence-corrected chi connectivity index (χ2v) is 4.46. The standard InChI is InChI=1S/C11H13N5O2/c1-6-5-8(18-16-6)10(17)13-11-12-9(14-15-11)7-3-2-4-7/h5,7H,2-4H2,1H3,(H2,12,13,14,15,17). The van der Waals surface area contributed by atoms with E-state index >= 15 is 0 Å². The fourth-order valence-corrected chi connectivity index (χ4v) is 1.83. The summed E-state index contributed by atoms with van der Waals surface area (Å²) in [5.41, 5.74) is 0.658. The lowest BCUT2D eigenvalue weighted by Crippen LogP contribution is -2.13. The highest BCUT2D eigenvalue weighted by Gasteiger charge is 2.23. The number of carbonyl (C=O) groups is 1. The normalized spacial score (nSPS) is 15.4. The van der Waals surface area contributed by atoms with E-state index in [4.69, 9.17) is 4.52 Å². The minimum atomic E-state index is -0.394. The Kier molecular flexibility index (Phi) is 2.58. The van der Waals surface area contributed by atoms with Gasteiger partial charge in [0.2, 0.25) is 11.7 Å². The monoisotopic (exact) mass is 247 g/mol. The molecule has 0 aromatic carbocycles. The third-order valence-electron chi connectivity index (χ3n) is 3.07. The summed E-state index contributed by atoms with van der Waals surface area (Å²) in [5.74, 6) is 1.33. The predicted octanol–water partition coefficient (Wildman–Crippen LogP) is 1.62. The zero-order chi connectivity index (χ0) is 12.5. The molecule has 1 aliphatic rings. The maximum atomic E-state index is 11.8. The van der Waals surface area contributed by atoms with Gasteiger partial charge < -0.3 is 4.52 Å². The first-order chi connectivity index (χ1) is 8.72. The smallest absolute Gasteiger partial charge is 0.296 e. The lowest BCUT2D eigenvalue weighted by molar-refractivity contribution is 0.0987.